The molecule has 0 saturated heterocycles. The first-order chi connectivity index (χ1) is 11.9. The normalized spacial score (nSPS) is 11.8. The molecule has 134 valence electrons. The molecule has 0 aliphatic heterocycles. The van der Waals surface area contributed by atoms with E-state index < -0.39 is 23.9 Å². The molecule has 0 aliphatic rings. The Labute approximate surface area is 143 Å². The molecule has 1 aromatic carbocycles. The zero-order chi connectivity index (χ0) is 18.6. The highest BCUT2D eigenvalue weighted by Crippen LogP contribution is 2.11. The average Bonchev–Trinajstić information content (AvgIpc) is 2.85. The first-order valence-electron chi connectivity index (χ1n) is 7.47. The highest BCUT2D eigenvalue weighted by atomic mass is 16.5. The number of nitrogens with one attached hydrogen (secondary N) is 1. The van der Waals surface area contributed by atoms with E-state index in [-0.39, 0.29) is 18.7 Å². The lowest BCUT2D eigenvalue weighted by atomic mass is 10.2. The Balaban J connectivity index is 2.21. The minimum atomic E-state index is -1.18. The molecule has 0 aliphatic carbocycles. The minimum Gasteiger partial charge on any atom is -0.469 e. The Hall–Kier alpha value is -3.10. The van der Waals surface area contributed by atoms with Crippen molar-refractivity contribution in [3.63, 3.8) is 0 Å². The van der Waals surface area contributed by atoms with Crippen LogP contribution in [0.5, 0.6) is 0 Å². The number of hydrogen-bond acceptors (Lipinski definition) is 6. The van der Waals surface area contributed by atoms with Crippen molar-refractivity contribution in [1.29, 1.82) is 0 Å². The van der Waals surface area contributed by atoms with Gasteiger partial charge in [-0.15, -0.1) is 0 Å². The molecule has 0 bridgehead atoms. The van der Waals surface area contributed by atoms with Gasteiger partial charge in [0.05, 0.1) is 31.7 Å². The fourth-order valence-corrected chi connectivity index (χ4v) is 2.49. The molecule has 1 aromatic heterocycles. The Kier molecular flexibility index (Phi) is 5.58. The van der Waals surface area contributed by atoms with Gasteiger partial charge in [-0.2, -0.15) is 0 Å². The summed E-state index contributed by atoms with van der Waals surface area (Å²) < 4.78 is 11.8. The molecule has 0 radical (unpaired) electrons. The third-order valence-corrected chi connectivity index (χ3v) is 3.77. The summed E-state index contributed by atoms with van der Waals surface area (Å²) in [6, 6.07) is 5.84. The van der Waals surface area contributed by atoms with Crippen molar-refractivity contribution in [2.45, 2.75) is 19.0 Å². The Morgan fingerprint density at radius 1 is 1.12 bits per heavy atom. The molecule has 25 heavy (non-hydrogen) atoms. The van der Waals surface area contributed by atoms with Crippen LogP contribution in [0.25, 0.3) is 11.0 Å². The van der Waals surface area contributed by atoms with E-state index in [1.165, 1.54) is 16.2 Å². The fraction of sp³-hybridized carbons (Fsp3) is 0.375. The molecular weight excluding hydrogens is 330 g/mol. The molecule has 0 spiro atoms. The Bertz CT molecular complexity index is 866. The third kappa shape index (κ3) is 3.87. The van der Waals surface area contributed by atoms with Crippen molar-refractivity contribution in [3.8, 4) is 0 Å². The molecule has 9 heteroatoms. The van der Waals surface area contributed by atoms with Crippen LogP contribution in [-0.2, 0) is 37.4 Å². The van der Waals surface area contributed by atoms with Crippen molar-refractivity contribution >= 4 is 28.9 Å². The van der Waals surface area contributed by atoms with Gasteiger partial charge in [0.25, 0.3) is 0 Å². The number of aryl methyl sites for hydroxylation is 1. The van der Waals surface area contributed by atoms with Gasteiger partial charge in [0, 0.05) is 7.05 Å². The van der Waals surface area contributed by atoms with E-state index in [2.05, 4.69) is 14.8 Å². The number of aromatic nitrogens is 2. The molecule has 0 fully saturated rings. The Morgan fingerprint density at radius 3 is 2.36 bits per heavy atom. The number of nitrogens with zero attached hydrogens (tertiary/aromatic N) is 2. The molecule has 1 amide bonds. The second-order valence-corrected chi connectivity index (χ2v) is 5.34. The van der Waals surface area contributed by atoms with Gasteiger partial charge in [-0.25, -0.2) is 9.59 Å². The van der Waals surface area contributed by atoms with E-state index >= 15 is 0 Å². The lowest BCUT2D eigenvalue weighted by Crippen LogP contribution is -2.45. The number of hydrogen-bond donors (Lipinski definition) is 1. The number of amides is 1. The minimum absolute atomic E-state index is 0.297. The van der Waals surface area contributed by atoms with Gasteiger partial charge in [-0.3, -0.25) is 18.7 Å². The lowest BCUT2D eigenvalue weighted by molar-refractivity contribution is -0.150. The smallest absolute Gasteiger partial charge is 0.329 e. The second kappa shape index (κ2) is 7.65. The number of rotatable bonds is 6. The summed E-state index contributed by atoms with van der Waals surface area (Å²) in [5.74, 6) is -2.04. The molecule has 0 saturated carbocycles. The number of para-hydroxylation sites is 2. The van der Waals surface area contributed by atoms with E-state index in [1.807, 2.05) is 0 Å². The van der Waals surface area contributed by atoms with Crippen LogP contribution in [0.15, 0.2) is 29.1 Å². The first-order valence-corrected chi connectivity index (χ1v) is 7.47. The monoisotopic (exact) mass is 349 g/mol. The highest BCUT2D eigenvalue weighted by Gasteiger charge is 2.25. The lowest BCUT2D eigenvalue weighted by Gasteiger charge is -2.15. The van der Waals surface area contributed by atoms with E-state index in [9.17, 15) is 19.2 Å². The summed E-state index contributed by atoms with van der Waals surface area (Å²) in [5.41, 5.74) is 0.908. The highest BCUT2D eigenvalue weighted by molar-refractivity contribution is 5.88. The van der Waals surface area contributed by atoms with Gasteiger partial charge in [0.15, 0.2) is 0 Å². The molecule has 2 aromatic rings. The van der Waals surface area contributed by atoms with Crippen LogP contribution in [0, 0.1) is 0 Å². The van der Waals surface area contributed by atoms with Gasteiger partial charge >= 0.3 is 17.6 Å². The molecular formula is C16H19N3O6. The molecule has 1 N–H and O–H groups in total. The van der Waals surface area contributed by atoms with Crippen LogP contribution >= 0.6 is 0 Å². The number of methoxy groups -OCH3 is 2. The third-order valence-electron chi connectivity index (χ3n) is 3.77. The number of benzene rings is 1. The maximum atomic E-state index is 12.3. The molecule has 1 unspecified atom stereocenters. The molecule has 1 heterocycles. The topological polar surface area (TPSA) is 109 Å². The maximum Gasteiger partial charge on any atom is 0.329 e. The van der Waals surface area contributed by atoms with Crippen molar-refractivity contribution in [2.24, 2.45) is 7.05 Å². The number of fused-ring (bicyclic) bond motifs is 1. The predicted molar refractivity (Wildman–Crippen MR) is 87.8 cm³/mol. The van der Waals surface area contributed by atoms with Crippen LogP contribution in [0.1, 0.15) is 6.42 Å². The van der Waals surface area contributed by atoms with Crippen LogP contribution < -0.4 is 11.0 Å². The van der Waals surface area contributed by atoms with Crippen LogP contribution in [-0.4, -0.2) is 47.2 Å². The predicted octanol–water partition coefficient (Wildman–Crippen LogP) is -0.439. The number of ether oxygens (including phenoxy) is 2. The summed E-state index contributed by atoms with van der Waals surface area (Å²) in [4.78, 5) is 47.7. The number of carbonyl (C=O) groups is 3. The molecule has 1 atom stereocenters. The van der Waals surface area contributed by atoms with Gasteiger partial charge in [-0.1, -0.05) is 12.1 Å². The fourth-order valence-electron chi connectivity index (χ4n) is 2.49. The summed E-state index contributed by atoms with van der Waals surface area (Å²) in [7, 11) is 3.93. The van der Waals surface area contributed by atoms with Gasteiger partial charge < -0.3 is 14.8 Å². The maximum absolute atomic E-state index is 12.3. The summed E-state index contributed by atoms with van der Waals surface area (Å²) in [5, 5.41) is 2.40. The number of esters is 2. The average molecular weight is 349 g/mol. The number of imidazole rings is 1. The number of carbonyl (C=O) groups excluding carboxylic acids is 3. The van der Waals surface area contributed by atoms with Crippen molar-refractivity contribution in [2.75, 3.05) is 14.2 Å². The van der Waals surface area contributed by atoms with Crippen molar-refractivity contribution in [3.05, 3.63) is 34.7 Å². The summed E-state index contributed by atoms with van der Waals surface area (Å²) >= 11 is 0. The van der Waals surface area contributed by atoms with Gasteiger partial charge in [0.1, 0.15) is 12.6 Å². The standard InChI is InChI=1S/C16H19N3O6/c1-18-11-6-4-5-7-12(11)19(16(18)23)9-13(20)17-10(15(22)25-3)8-14(21)24-2/h4-7,10H,8-9H2,1-3H3,(H,17,20). The van der Waals surface area contributed by atoms with Gasteiger partial charge in [0.2, 0.25) is 5.91 Å². The zero-order valence-electron chi connectivity index (χ0n) is 14.1. The van der Waals surface area contributed by atoms with E-state index in [0.29, 0.717) is 11.0 Å². The zero-order valence-corrected chi connectivity index (χ0v) is 14.1. The quantitative estimate of drug-likeness (QED) is 0.708. The van der Waals surface area contributed by atoms with E-state index in [1.54, 1.807) is 31.3 Å². The SMILES string of the molecule is COC(=O)CC(NC(=O)Cn1c(=O)n(C)c2ccccc21)C(=O)OC. The van der Waals surface area contributed by atoms with E-state index in [0.717, 1.165) is 7.11 Å². The van der Waals surface area contributed by atoms with Crippen LogP contribution in [0.4, 0.5) is 0 Å². The van der Waals surface area contributed by atoms with E-state index in [4.69, 9.17) is 0 Å². The van der Waals surface area contributed by atoms with Crippen molar-refractivity contribution < 1.29 is 23.9 Å². The second-order valence-electron chi connectivity index (χ2n) is 5.34. The largest absolute Gasteiger partial charge is 0.469 e. The van der Waals surface area contributed by atoms with Gasteiger partial charge in [-0.05, 0) is 12.1 Å². The Morgan fingerprint density at radius 2 is 1.76 bits per heavy atom. The van der Waals surface area contributed by atoms with Crippen molar-refractivity contribution in [1.82, 2.24) is 14.5 Å². The molecule has 2 rings (SSSR count). The summed E-state index contributed by atoms with van der Waals surface area (Å²) in [6.07, 6.45) is -0.362. The molecule has 9 nitrogen and oxygen atoms in total. The first kappa shape index (κ1) is 18.2. The van der Waals surface area contributed by atoms with Crippen LogP contribution in [0.2, 0.25) is 0 Å². The van der Waals surface area contributed by atoms with Crippen LogP contribution in [0.3, 0.4) is 0 Å². The summed E-state index contributed by atoms with van der Waals surface area (Å²) in [6.45, 7) is -0.297.